The van der Waals surface area contributed by atoms with Crippen molar-refractivity contribution in [2.75, 3.05) is 5.73 Å². The van der Waals surface area contributed by atoms with Gasteiger partial charge in [0.2, 0.25) is 0 Å². The minimum absolute atomic E-state index is 0.00588. The van der Waals surface area contributed by atoms with Crippen LogP contribution in [0.3, 0.4) is 0 Å². The predicted molar refractivity (Wildman–Crippen MR) is 66.7 cm³/mol. The molecule has 2 N–H and O–H groups in total. The van der Waals surface area contributed by atoms with Crippen LogP contribution in [-0.2, 0) is 9.30 Å². The molecule has 0 saturated carbocycles. The first-order valence-electron chi connectivity index (χ1n) is 5.08. The molecule has 0 aliphatic heterocycles. The van der Waals surface area contributed by atoms with E-state index >= 15 is 0 Å². The Bertz CT molecular complexity index is 587. The molecule has 0 bridgehead atoms. The summed E-state index contributed by atoms with van der Waals surface area (Å²) in [6.45, 7) is 1.94. The first-order valence-corrected chi connectivity index (χ1v) is 6.71. The molecule has 0 fully saturated rings. The summed E-state index contributed by atoms with van der Waals surface area (Å²) < 4.78 is 14.6. The number of aromatic nitrogens is 1. The van der Waals surface area contributed by atoms with Gasteiger partial charge in [-0.1, -0.05) is 0 Å². The van der Waals surface area contributed by atoms with Crippen LogP contribution in [0.2, 0.25) is 0 Å². The maximum absolute atomic E-state index is 11.6. The molecule has 1 unspecified atom stereocenters. The van der Waals surface area contributed by atoms with Crippen molar-refractivity contribution < 1.29 is 14.1 Å². The summed E-state index contributed by atoms with van der Waals surface area (Å²) in [5.41, 5.74) is 5.53. The summed E-state index contributed by atoms with van der Waals surface area (Å²) in [5, 5.41) is 9.26. The number of nitrogen functional groups attached to an aromatic ring is 1. The van der Waals surface area contributed by atoms with Gasteiger partial charge in [-0.25, -0.2) is 0 Å². The molecule has 1 heterocycles. The fourth-order valence-corrected chi connectivity index (χ4v) is 2.40. The third kappa shape index (κ3) is 3.44. The molecule has 18 heavy (non-hydrogen) atoms. The van der Waals surface area contributed by atoms with Crippen molar-refractivity contribution in [1.29, 1.82) is 5.26 Å². The molecular formula is C10H10N3O3PS. The SMILES string of the molecule is CCCC(C#N)c1sc(N)nc1C(=O)OC#P=O. The average molecular weight is 283 g/mol. The van der Waals surface area contributed by atoms with E-state index in [1.807, 2.05) is 12.7 Å². The molecule has 0 amide bonds. The van der Waals surface area contributed by atoms with Crippen molar-refractivity contribution in [1.82, 2.24) is 4.98 Å². The molecule has 8 heteroatoms. The number of nitrogens with zero attached hydrogens (tertiary/aromatic N) is 2. The van der Waals surface area contributed by atoms with Gasteiger partial charge in [-0.2, -0.15) is 0 Å². The summed E-state index contributed by atoms with van der Waals surface area (Å²) in [6.07, 6.45) is 1.40. The van der Waals surface area contributed by atoms with Crippen LogP contribution in [0.15, 0.2) is 0 Å². The third-order valence-corrected chi connectivity index (χ3v) is 3.25. The first kappa shape index (κ1) is 14.5. The van der Waals surface area contributed by atoms with Crippen LogP contribution >= 0.6 is 19.3 Å². The Kier molecular flexibility index (Phi) is 5.60. The van der Waals surface area contributed by atoms with Gasteiger partial charge >= 0.3 is 109 Å². The fourth-order valence-electron chi connectivity index (χ4n) is 1.38. The Hall–Kier alpha value is -1.60. The van der Waals surface area contributed by atoms with Crippen molar-refractivity contribution in [2.45, 2.75) is 25.7 Å². The summed E-state index contributed by atoms with van der Waals surface area (Å²) in [7, 11) is -0.536. The number of esters is 1. The van der Waals surface area contributed by atoms with Crippen LogP contribution in [0.4, 0.5) is 5.13 Å². The predicted octanol–water partition coefficient (Wildman–Crippen LogP) is 2.50. The van der Waals surface area contributed by atoms with Gasteiger partial charge in [0.1, 0.15) is 0 Å². The number of hydrogen-bond acceptors (Lipinski definition) is 7. The second kappa shape index (κ2) is 6.97. The Balaban J connectivity index is 3.11. The van der Waals surface area contributed by atoms with Gasteiger partial charge in [0.15, 0.2) is 0 Å². The molecule has 1 aromatic heterocycles. The van der Waals surface area contributed by atoms with Crippen molar-refractivity contribution in [2.24, 2.45) is 0 Å². The molecule has 1 atom stereocenters. The zero-order chi connectivity index (χ0) is 13.5. The van der Waals surface area contributed by atoms with Crippen molar-refractivity contribution >= 4 is 30.4 Å². The zero-order valence-corrected chi connectivity index (χ0v) is 11.3. The molecule has 0 aliphatic carbocycles. The number of ether oxygens (including phenoxy) is 1. The molecule has 0 radical (unpaired) electrons. The van der Waals surface area contributed by atoms with Crippen molar-refractivity contribution in [3.63, 3.8) is 0 Å². The van der Waals surface area contributed by atoms with Crippen LogP contribution in [0.5, 0.6) is 0 Å². The third-order valence-electron chi connectivity index (χ3n) is 2.09. The van der Waals surface area contributed by atoms with E-state index < -0.39 is 19.8 Å². The Labute approximate surface area is 109 Å². The number of anilines is 1. The summed E-state index contributed by atoms with van der Waals surface area (Å²) in [5.74, 6) is 0.625. The number of nitriles is 1. The topological polar surface area (TPSA) is 106 Å². The minimum atomic E-state index is -0.808. The van der Waals surface area contributed by atoms with E-state index in [9.17, 15) is 9.36 Å². The average Bonchev–Trinajstić information content (AvgIpc) is 2.75. The van der Waals surface area contributed by atoms with Crippen LogP contribution in [0.25, 0.3) is 0 Å². The van der Waals surface area contributed by atoms with E-state index in [1.165, 1.54) is 0 Å². The Morgan fingerprint density at radius 2 is 2.44 bits per heavy atom. The van der Waals surface area contributed by atoms with Crippen LogP contribution in [-0.4, -0.2) is 11.0 Å². The van der Waals surface area contributed by atoms with Gasteiger partial charge < -0.3 is 0 Å². The Morgan fingerprint density at radius 1 is 1.72 bits per heavy atom. The number of hydrogen-bond donors (Lipinski definition) is 1. The molecule has 0 saturated heterocycles. The van der Waals surface area contributed by atoms with E-state index in [1.54, 1.807) is 0 Å². The Morgan fingerprint density at radius 3 is 3.00 bits per heavy atom. The number of nitrogens with two attached hydrogens (primary N) is 1. The van der Waals surface area contributed by atoms with E-state index in [2.05, 4.69) is 15.8 Å². The van der Waals surface area contributed by atoms with Gasteiger partial charge in [-0.15, -0.1) is 0 Å². The normalized spacial score (nSPS) is 11.1. The van der Waals surface area contributed by atoms with E-state index in [0.29, 0.717) is 11.3 Å². The van der Waals surface area contributed by atoms with Crippen LogP contribution in [0, 0.1) is 17.1 Å². The van der Waals surface area contributed by atoms with Crippen LogP contribution in [0.1, 0.15) is 41.0 Å². The van der Waals surface area contributed by atoms with Crippen LogP contribution < -0.4 is 5.73 Å². The summed E-state index contributed by atoms with van der Waals surface area (Å²) in [6, 6.07) is 2.11. The number of thiazole rings is 1. The fraction of sp³-hybridized carbons (Fsp3) is 0.400. The molecule has 94 valence electrons. The molecule has 1 rings (SSSR count). The second-order valence-corrected chi connectivity index (χ2v) is 4.73. The van der Waals surface area contributed by atoms with Gasteiger partial charge in [-0.05, 0) is 0 Å². The van der Waals surface area contributed by atoms with E-state index in [0.717, 1.165) is 17.8 Å². The van der Waals surface area contributed by atoms with Crippen molar-refractivity contribution in [3.05, 3.63) is 10.6 Å². The quantitative estimate of drug-likeness (QED) is 0.672. The number of carbonyl (C=O) groups excluding carboxylic acids is 1. The molecule has 0 aromatic carbocycles. The van der Waals surface area contributed by atoms with Crippen molar-refractivity contribution in [3.8, 4) is 11.9 Å². The van der Waals surface area contributed by atoms with E-state index in [-0.39, 0.29) is 10.8 Å². The molecular weight excluding hydrogens is 273 g/mol. The number of rotatable bonds is 4. The van der Waals surface area contributed by atoms with Gasteiger partial charge in [0.05, 0.1) is 0 Å². The second-order valence-electron chi connectivity index (χ2n) is 3.31. The van der Waals surface area contributed by atoms with E-state index in [4.69, 9.17) is 11.0 Å². The monoisotopic (exact) mass is 283 g/mol. The summed E-state index contributed by atoms with van der Waals surface area (Å²) in [4.78, 5) is 15.9. The number of carbonyl (C=O) groups is 1. The first-order chi connectivity index (χ1) is 8.63. The molecule has 0 aliphatic rings. The van der Waals surface area contributed by atoms with Gasteiger partial charge in [0, 0.05) is 0 Å². The molecule has 6 nitrogen and oxygen atoms in total. The zero-order valence-electron chi connectivity index (χ0n) is 9.54. The molecule has 0 spiro atoms. The summed E-state index contributed by atoms with van der Waals surface area (Å²) >= 11 is 1.08. The molecule has 1 aromatic rings. The van der Waals surface area contributed by atoms with Gasteiger partial charge in [-0.3, -0.25) is 0 Å². The maximum atomic E-state index is 11.6. The standard InChI is InChI=1S/C10H10N3O3PS/c1-2-3-6(4-11)8-7(13-10(12)18-8)9(14)16-5-17-15/h6H,2-3H2,1H3,(H2,12,13). The van der Waals surface area contributed by atoms with Gasteiger partial charge in [0.25, 0.3) is 0 Å².